The van der Waals surface area contributed by atoms with Gasteiger partial charge in [-0.25, -0.2) is 14.4 Å². The van der Waals surface area contributed by atoms with E-state index in [0.29, 0.717) is 16.8 Å². The largest absolute Gasteiger partial charge is 0.478 e. The highest BCUT2D eigenvalue weighted by Crippen LogP contribution is 2.29. The molecule has 2 aromatic rings. The summed E-state index contributed by atoms with van der Waals surface area (Å²) in [7, 11) is 0. The van der Waals surface area contributed by atoms with Gasteiger partial charge in [0.05, 0.1) is 11.1 Å². The maximum atomic E-state index is 12.4. The molecule has 0 amide bonds. The lowest BCUT2D eigenvalue weighted by molar-refractivity contribution is -0.152. The Morgan fingerprint density at radius 3 is 2.44 bits per heavy atom. The summed E-state index contributed by atoms with van der Waals surface area (Å²) in [6.45, 7) is 1.75. The summed E-state index contributed by atoms with van der Waals surface area (Å²) in [6, 6.07) is 12.6. The van der Waals surface area contributed by atoms with E-state index in [4.69, 9.17) is 26.2 Å². The second-order valence-corrected chi connectivity index (χ2v) is 6.07. The van der Waals surface area contributed by atoms with Gasteiger partial charge in [-0.2, -0.15) is 0 Å². The van der Waals surface area contributed by atoms with Gasteiger partial charge >= 0.3 is 17.9 Å². The van der Waals surface area contributed by atoms with Gasteiger partial charge in [0.15, 0.2) is 5.03 Å². The molecule has 138 valence electrons. The Kier molecular flexibility index (Phi) is 5.14. The third-order valence-electron chi connectivity index (χ3n) is 3.86. The topological polar surface area (TPSA) is 102 Å². The van der Waals surface area contributed by atoms with Crippen LogP contribution in [0.4, 0.5) is 5.69 Å². The van der Waals surface area contributed by atoms with Gasteiger partial charge in [-0.15, -0.1) is 0 Å². The monoisotopic (exact) mass is 387 g/mol. The Labute approximate surface area is 159 Å². The number of cyclic esters (lactones) is 1. The number of carboxylic acid groups (broad SMARTS) is 1. The molecule has 1 aliphatic heterocycles. The van der Waals surface area contributed by atoms with Crippen molar-refractivity contribution in [1.82, 2.24) is 0 Å². The third-order valence-corrected chi connectivity index (χ3v) is 4.21. The molecule has 27 heavy (non-hydrogen) atoms. The SMILES string of the molecule is Cc1ccccc1C(=O)O[C@H]1OC(=O)C(Cl)=C1Nc1ccc(C(=O)O)cc1. The van der Waals surface area contributed by atoms with Crippen molar-refractivity contribution in [2.45, 2.75) is 13.2 Å². The number of hydrogen-bond donors (Lipinski definition) is 2. The first-order valence-electron chi connectivity index (χ1n) is 7.84. The maximum Gasteiger partial charge on any atom is 0.355 e. The highest BCUT2D eigenvalue weighted by Gasteiger charge is 2.36. The van der Waals surface area contributed by atoms with E-state index < -0.39 is 24.2 Å². The summed E-state index contributed by atoms with van der Waals surface area (Å²) in [6.07, 6.45) is -1.34. The van der Waals surface area contributed by atoms with Gasteiger partial charge in [0.1, 0.15) is 5.70 Å². The molecule has 7 nitrogen and oxygen atoms in total. The van der Waals surface area contributed by atoms with Crippen LogP contribution in [0.3, 0.4) is 0 Å². The van der Waals surface area contributed by atoms with Crippen molar-refractivity contribution in [3.05, 3.63) is 76.0 Å². The highest BCUT2D eigenvalue weighted by atomic mass is 35.5. The first-order chi connectivity index (χ1) is 12.9. The highest BCUT2D eigenvalue weighted by molar-refractivity contribution is 6.42. The molecule has 0 spiro atoms. The number of nitrogens with one attached hydrogen (secondary N) is 1. The quantitative estimate of drug-likeness (QED) is 0.759. The number of aromatic carboxylic acids is 1. The minimum atomic E-state index is -1.34. The van der Waals surface area contributed by atoms with Crippen molar-refractivity contribution >= 4 is 35.2 Å². The number of aryl methyl sites for hydroxylation is 1. The Morgan fingerprint density at radius 2 is 1.81 bits per heavy atom. The van der Waals surface area contributed by atoms with Gasteiger partial charge in [0.25, 0.3) is 6.29 Å². The van der Waals surface area contributed by atoms with Crippen molar-refractivity contribution in [1.29, 1.82) is 0 Å². The summed E-state index contributed by atoms with van der Waals surface area (Å²) in [4.78, 5) is 35.1. The average Bonchev–Trinajstić information content (AvgIpc) is 2.90. The molecule has 3 rings (SSSR count). The normalized spacial score (nSPS) is 16.1. The summed E-state index contributed by atoms with van der Waals surface area (Å²) in [5.41, 5.74) is 1.65. The van der Waals surface area contributed by atoms with E-state index in [1.807, 2.05) is 0 Å². The number of carbonyl (C=O) groups is 3. The number of ether oxygens (including phenoxy) is 2. The fourth-order valence-corrected chi connectivity index (χ4v) is 2.61. The van der Waals surface area contributed by atoms with Crippen molar-refractivity contribution in [2.75, 3.05) is 5.32 Å². The van der Waals surface area contributed by atoms with Crippen molar-refractivity contribution in [3.63, 3.8) is 0 Å². The van der Waals surface area contributed by atoms with Crippen molar-refractivity contribution in [2.24, 2.45) is 0 Å². The van der Waals surface area contributed by atoms with Crippen molar-refractivity contribution in [3.8, 4) is 0 Å². The predicted octanol–water partition coefficient (Wildman–Crippen LogP) is 3.30. The number of carboxylic acids is 1. The lowest BCUT2D eigenvalue weighted by atomic mass is 10.1. The molecule has 0 aliphatic carbocycles. The average molecular weight is 388 g/mol. The van der Waals surface area contributed by atoms with E-state index >= 15 is 0 Å². The Morgan fingerprint density at radius 1 is 1.15 bits per heavy atom. The second kappa shape index (κ2) is 7.51. The first-order valence-corrected chi connectivity index (χ1v) is 8.22. The van der Waals surface area contributed by atoms with Crippen LogP contribution in [0, 0.1) is 6.92 Å². The fourth-order valence-electron chi connectivity index (χ4n) is 2.43. The van der Waals surface area contributed by atoms with Gasteiger partial charge in [0.2, 0.25) is 0 Å². The Hall–Kier alpha value is -3.32. The zero-order valence-corrected chi connectivity index (χ0v) is 14.8. The van der Waals surface area contributed by atoms with Crippen LogP contribution in [0.5, 0.6) is 0 Å². The van der Waals surface area contributed by atoms with Crippen LogP contribution < -0.4 is 5.32 Å². The number of carbonyl (C=O) groups excluding carboxylic acids is 2. The van der Waals surface area contributed by atoms with E-state index in [1.54, 1.807) is 31.2 Å². The Balaban J connectivity index is 1.79. The molecule has 0 unspecified atom stereocenters. The molecular weight excluding hydrogens is 374 g/mol. The molecule has 8 heteroatoms. The van der Waals surface area contributed by atoms with Crippen LogP contribution in [-0.2, 0) is 14.3 Å². The van der Waals surface area contributed by atoms with E-state index in [0.717, 1.165) is 0 Å². The third kappa shape index (κ3) is 3.93. The van der Waals surface area contributed by atoms with Gasteiger partial charge in [0, 0.05) is 5.69 Å². The zero-order chi connectivity index (χ0) is 19.6. The van der Waals surface area contributed by atoms with Gasteiger partial charge in [-0.05, 0) is 42.8 Å². The number of halogens is 1. The molecule has 1 heterocycles. The van der Waals surface area contributed by atoms with Crippen molar-refractivity contribution < 1.29 is 29.0 Å². The molecule has 0 bridgehead atoms. The van der Waals surface area contributed by atoms with E-state index in [1.165, 1.54) is 24.3 Å². The summed E-state index contributed by atoms with van der Waals surface area (Å²) in [5, 5.41) is 11.5. The molecular formula is C19H14ClNO6. The van der Waals surface area contributed by atoms with E-state index in [2.05, 4.69) is 5.32 Å². The molecule has 1 aliphatic rings. The van der Waals surface area contributed by atoms with E-state index in [-0.39, 0.29) is 16.3 Å². The van der Waals surface area contributed by atoms with Crippen LogP contribution in [0.2, 0.25) is 0 Å². The molecule has 0 radical (unpaired) electrons. The number of benzene rings is 2. The minimum absolute atomic E-state index is 0.0617. The van der Waals surface area contributed by atoms with Crippen LogP contribution in [-0.4, -0.2) is 29.3 Å². The number of esters is 2. The summed E-state index contributed by atoms with van der Waals surface area (Å²) >= 11 is 5.97. The Bertz CT molecular complexity index is 951. The van der Waals surface area contributed by atoms with E-state index in [9.17, 15) is 14.4 Å². The molecule has 2 aromatic carbocycles. The van der Waals surface area contributed by atoms with Gasteiger partial charge < -0.3 is 19.9 Å². The number of rotatable bonds is 5. The molecule has 0 aromatic heterocycles. The minimum Gasteiger partial charge on any atom is -0.478 e. The zero-order valence-electron chi connectivity index (χ0n) is 14.1. The second-order valence-electron chi connectivity index (χ2n) is 5.69. The smallest absolute Gasteiger partial charge is 0.355 e. The molecule has 0 fully saturated rings. The number of anilines is 1. The first kappa shape index (κ1) is 18.5. The lowest BCUT2D eigenvalue weighted by Gasteiger charge is -2.17. The molecule has 0 saturated heterocycles. The number of hydrogen-bond acceptors (Lipinski definition) is 6. The predicted molar refractivity (Wildman–Crippen MR) is 96.4 cm³/mol. The maximum absolute atomic E-state index is 12.4. The van der Waals surface area contributed by atoms with Crippen LogP contribution in [0.25, 0.3) is 0 Å². The van der Waals surface area contributed by atoms with Crippen LogP contribution in [0.1, 0.15) is 26.3 Å². The lowest BCUT2D eigenvalue weighted by Crippen LogP contribution is -2.24. The standard InChI is InChI=1S/C19H14ClNO6/c1-10-4-2-3-5-13(10)17(24)26-19-15(14(20)18(25)27-19)21-12-8-6-11(7-9-12)16(22)23/h2-9,19,21H,1H3,(H,22,23)/t19-/m0/s1. The summed E-state index contributed by atoms with van der Waals surface area (Å²) in [5.74, 6) is -2.56. The van der Waals surface area contributed by atoms with Crippen LogP contribution in [0.15, 0.2) is 59.3 Å². The van der Waals surface area contributed by atoms with Crippen LogP contribution >= 0.6 is 11.6 Å². The van der Waals surface area contributed by atoms with Gasteiger partial charge in [-0.3, -0.25) is 0 Å². The fraction of sp³-hybridized carbons (Fsp3) is 0.105. The van der Waals surface area contributed by atoms with Gasteiger partial charge in [-0.1, -0.05) is 29.8 Å². The molecule has 0 saturated carbocycles. The summed E-state index contributed by atoms with van der Waals surface area (Å²) < 4.78 is 10.3. The molecule has 2 N–H and O–H groups in total. The molecule has 1 atom stereocenters.